The smallest absolute Gasteiger partial charge is 0.226 e. The van der Waals surface area contributed by atoms with Crippen LogP contribution in [0.4, 0.5) is 11.4 Å². The summed E-state index contributed by atoms with van der Waals surface area (Å²) in [4.78, 5) is 18.5. The SMILES string of the molecule is COc1ccc2c(c1)N1CCN(c3ccc(C)cc3)C[C@@H]1[C@H](C(=O)N[C@H](C)c1ccccc1)C2. The van der Waals surface area contributed by atoms with Crippen LogP contribution in [0.25, 0.3) is 0 Å². The van der Waals surface area contributed by atoms with E-state index in [2.05, 4.69) is 77.5 Å². The number of rotatable bonds is 5. The molecule has 176 valence electrons. The molecule has 2 heterocycles. The Bertz CT molecular complexity index is 1150. The van der Waals surface area contributed by atoms with E-state index in [9.17, 15) is 4.79 Å². The molecule has 5 heteroatoms. The molecule has 34 heavy (non-hydrogen) atoms. The molecule has 5 nitrogen and oxygen atoms in total. The number of fused-ring (bicyclic) bond motifs is 3. The second kappa shape index (κ2) is 9.41. The Morgan fingerprint density at radius 1 is 1.03 bits per heavy atom. The third kappa shape index (κ3) is 4.35. The molecule has 1 amide bonds. The molecule has 5 rings (SSSR count). The van der Waals surface area contributed by atoms with Crippen molar-refractivity contribution in [2.45, 2.75) is 32.4 Å². The zero-order valence-electron chi connectivity index (χ0n) is 20.2. The molecule has 3 atom stereocenters. The van der Waals surface area contributed by atoms with Crippen LogP contribution in [0.5, 0.6) is 5.75 Å². The Hall–Kier alpha value is -3.47. The van der Waals surface area contributed by atoms with Crippen LogP contribution in [0.15, 0.2) is 72.8 Å². The lowest BCUT2D eigenvalue weighted by molar-refractivity contribution is -0.126. The van der Waals surface area contributed by atoms with E-state index in [1.165, 1.54) is 22.5 Å². The van der Waals surface area contributed by atoms with Crippen molar-refractivity contribution in [3.8, 4) is 5.75 Å². The van der Waals surface area contributed by atoms with Gasteiger partial charge in [0.05, 0.1) is 25.1 Å². The minimum atomic E-state index is -0.125. The highest BCUT2D eigenvalue weighted by atomic mass is 16.5. The number of amides is 1. The first-order chi connectivity index (χ1) is 16.5. The maximum atomic E-state index is 13.7. The number of nitrogens with one attached hydrogen (secondary N) is 1. The lowest BCUT2D eigenvalue weighted by Crippen LogP contribution is -2.61. The van der Waals surface area contributed by atoms with E-state index in [0.29, 0.717) is 0 Å². The largest absolute Gasteiger partial charge is 0.497 e. The van der Waals surface area contributed by atoms with Crippen molar-refractivity contribution in [2.24, 2.45) is 5.92 Å². The lowest BCUT2D eigenvalue weighted by atomic mass is 9.83. The van der Waals surface area contributed by atoms with Gasteiger partial charge in [0.1, 0.15) is 5.75 Å². The number of hydrogen-bond acceptors (Lipinski definition) is 4. The van der Waals surface area contributed by atoms with E-state index in [-0.39, 0.29) is 23.9 Å². The molecule has 0 radical (unpaired) electrons. The van der Waals surface area contributed by atoms with Crippen molar-refractivity contribution in [3.63, 3.8) is 0 Å². The van der Waals surface area contributed by atoms with Crippen LogP contribution in [-0.4, -0.2) is 38.7 Å². The molecule has 3 aromatic rings. The average molecular weight is 456 g/mol. The summed E-state index contributed by atoms with van der Waals surface area (Å²) in [6, 6.07) is 25.2. The topological polar surface area (TPSA) is 44.8 Å². The molecule has 0 spiro atoms. The number of benzene rings is 3. The molecular formula is C29H33N3O2. The Morgan fingerprint density at radius 2 is 1.79 bits per heavy atom. The summed E-state index contributed by atoms with van der Waals surface area (Å²) in [5.41, 5.74) is 6.02. The van der Waals surface area contributed by atoms with Crippen LogP contribution >= 0.6 is 0 Å². The van der Waals surface area contributed by atoms with Crippen LogP contribution in [0, 0.1) is 12.8 Å². The van der Waals surface area contributed by atoms with Gasteiger partial charge in [-0.2, -0.15) is 0 Å². The van der Waals surface area contributed by atoms with Gasteiger partial charge in [-0.15, -0.1) is 0 Å². The fraction of sp³-hybridized carbons (Fsp3) is 0.345. The van der Waals surface area contributed by atoms with Gasteiger partial charge >= 0.3 is 0 Å². The maximum absolute atomic E-state index is 13.7. The van der Waals surface area contributed by atoms with Crippen LogP contribution in [0.1, 0.15) is 29.7 Å². The molecule has 1 fully saturated rings. The summed E-state index contributed by atoms with van der Waals surface area (Å²) in [5, 5.41) is 3.31. The molecular weight excluding hydrogens is 422 g/mol. The standard InChI is InChI=1S/C29H33N3O2/c1-20-9-12-24(13-10-20)31-15-16-32-27-18-25(34-3)14-11-23(27)17-26(28(32)19-31)29(33)30-21(2)22-7-5-4-6-8-22/h4-14,18,21,26,28H,15-17,19H2,1-3H3,(H,30,33)/t21-,26-,28-/m1/s1. The second-order valence-corrected chi connectivity index (χ2v) is 9.49. The number of ether oxygens (including phenoxy) is 1. The van der Waals surface area contributed by atoms with Gasteiger partial charge in [-0.3, -0.25) is 4.79 Å². The summed E-state index contributed by atoms with van der Waals surface area (Å²) < 4.78 is 5.52. The molecule has 3 aromatic carbocycles. The number of nitrogens with zero attached hydrogens (tertiary/aromatic N) is 2. The number of hydrogen-bond donors (Lipinski definition) is 1. The zero-order chi connectivity index (χ0) is 23.7. The predicted octanol–water partition coefficient (Wildman–Crippen LogP) is 4.75. The lowest BCUT2D eigenvalue weighted by Gasteiger charge is -2.49. The number of carbonyl (C=O) groups excluding carboxylic acids is 1. The third-order valence-electron chi connectivity index (χ3n) is 7.32. The van der Waals surface area contributed by atoms with Gasteiger partial charge in [-0.25, -0.2) is 0 Å². The number of carbonyl (C=O) groups is 1. The monoisotopic (exact) mass is 455 g/mol. The third-order valence-corrected chi connectivity index (χ3v) is 7.32. The van der Waals surface area contributed by atoms with E-state index >= 15 is 0 Å². The van der Waals surface area contributed by atoms with Gasteiger partial charge in [-0.05, 0) is 49.6 Å². The fourth-order valence-electron chi connectivity index (χ4n) is 5.34. The molecule has 2 aliphatic heterocycles. The number of aryl methyl sites for hydroxylation is 1. The van der Waals surface area contributed by atoms with Crippen LogP contribution in [0.3, 0.4) is 0 Å². The van der Waals surface area contributed by atoms with E-state index in [4.69, 9.17) is 4.74 Å². The molecule has 1 N–H and O–H groups in total. The molecule has 0 aromatic heterocycles. The first kappa shape index (κ1) is 22.3. The van der Waals surface area contributed by atoms with Gasteiger partial charge in [0.2, 0.25) is 5.91 Å². The highest BCUT2D eigenvalue weighted by Gasteiger charge is 2.42. The van der Waals surface area contributed by atoms with Gasteiger partial charge < -0.3 is 19.9 Å². The van der Waals surface area contributed by atoms with Crippen LogP contribution in [-0.2, 0) is 11.2 Å². The van der Waals surface area contributed by atoms with Crippen molar-refractivity contribution in [1.29, 1.82) is 0 Å². The van der Waals surface area contributed by atoms with Gasteiger partial charge in [0.15, 0.2) is 0 Å². The average Bonchev–Trinajstić information content (AvgIpc) is 2.88. The number of anilines is 2. The Labute approximate surface area is 202 Å². The van der Waals surface area contributed by atoms with Crippen LogP contribution < -0.4 is 19.9 Å². The molecule has 0 unspecified atom stereocenters. The summed E-state index contributed by atoms with van der Waals surface area (Å²) in [6.07, 6.45) is 0.732. The normalized spacial score (nSPS) is 20.2. The Morgan fingerprint density at radius 3 is 2.53 bits per heavy atom. The van der Waals surface area contributed by atoms with Gasteiger partial charge in [-0.1, -0.05) is 54.1 Å². The predicted molar refractivity (Wildman–Crippen MR) is 138 cm³/mol. The Kier molecular flexibility index (Phi) is 6.18. The first-order valence-electron chi connectivity index (χ1n) is 12.1. The summed E-state index contributed by atoms with van der Waals surface area (Å²) in [6.45, 7) is 6.78. The molecule has 0 aliphatic carbocycles. The minimum absolute atomic E-state index is 0.0313. The summed E-state index contributed by atoms with van der Waals surface area (Å²) in [7, 11) is 1.71. The molecule has 0 bridgehead atoms. The minimum Gasteiger partial charge on any atom is -0.497 e. The highest BCUT2D eigenvalue weighted by Crippen LogP contribution is 2.39. The van der Waals surface area contributed by atoms with E-state index < -0.39 is 0 Å². The van der Waals surface area contributed by atoms with E-state index in [1.807, 2.05) is 24.3 Å². The first-order valence-corrected chi connectivity index (χ1v) is 12.1. The zero-order valence-corrected chi connectivity index (χ0v) is 20.2. The van der Waals surface area contributed by atoms with Gasteiger partial charge in [0.25, 0.3) is 0 Å². The van der Waals surface area contributed by atoms with E-state index in [0.717, 1.165) is 37.4 Å². The van der Waals surface area contributed by atoms with Crippen molar-refractivity contribution >= 4 is 17.3 Å². The fourth-order valence-corrected chi connectivity index (χ4v) is 5.34. The molecule has 1 saturated heterocycles. The molecule has 2 aliphatic rings. The van der Waals surface area contributed by atoms with Crippen molar-refractivity contribution < 1.29 is 9.53 Å². The van der Waals surface area contributed by atoms with Crippen molar-refractivity contribution in [3.05, 3.63) is 89.5 Å². The van der Waals surface area contributed by atoms with Crippen molar-refractivity contribution in [1.82, 2.24) is 5.32 Å². The summed E-state index contributed by atoms with van der Waals surface area (Å²) >= 11 is 0. The quantitative estimate of drug-likeness (QED) is 0.603. The Balaban J connectivity index is 1.44. The number of methoxy groups -OCH3 is 1. The second-order valence-electron chi connectivity index (χ2n) is 9.49. The highest BCUT2D eigenvalue weighted by molar-refractivity contribution is 5.83. The van der Waals surface area contributed by atoms with E-state index in [1.54, 1.807) is 7.11 Å². The maximum Gasteiger partial charge on any atom is 0.226 e. The molecule has 0 saturated carbocycles. The summed E-state index contributed by atoms with van der Waals surface area (Å²) in [5.74, 6) is 0.859. The number of piperazine rings is 1. The van der Waals surface area contributed by atoms with Gasteiger partial charge in [0, 0.05) is 37.1 Å². The van der Waals surface area contributed by atoms with Crippen molar-refractivity contribution in [2.75, 3.05) is 36.5 Å². The van der Waals surface area contributed by atoms with Crippen LogP contribution in [0.2, 0.25) is 0 Å².